The number of aromatic nitrogens is 1. The Hall–Kier alpha value is -1.28. The van der Waals surface area contributed by atoms with Gasteiger partial charge < -0.3 is 20.4 Å². The molecule has 0 aliphatic heterocycles. The number of nitrogens with zero attached hydrogens (tertiary/aromatic N) is 1. The molecule has 6 heteroatoms. The van der Waals surface area contributed by atoms with Crippen molar-refractivity contribution in [3.8, 4) is 0 Å². The first-order chi connectivity index (χ1) is 11.8. The average molecular weight is 456 g/mol. The van der Waals surface area contributed by atoms with E-state index in [-0.39, 0.29) is 24.0 Å². The minimum atomic E-state index is 0. The van der Waals surface area contributed by atoms with E-state index >= 15 is 0 Å². The van der Waals surface area contributed by atoms with Crippen molar-refractivity contribution in [1.29, 1.82) is 0 Å². The highest BCUT2D eigenvalue weighted by Crippen LogP contribution is 2.28. The topological polar surface area (TPSA) is 61.4 Å². The lowest BCUT2D eigenvalue weighted by Gasteiger charge is -2.11. The predicted molar refractivity (Wildman–Crippen MR) is 115 cm³/mol. The molecular weight excluding hydrogens is 427 g/mol. The predicted octanol–water partition coefficient (Wildman–Crippen LogP) is 3.66. The number of para-hydroxylation sites is 1. The monoisotopic (exact) mass is 456 g/mol. The SMILES string of the molecule is CCNC(=NCc1cc2ccccc2[nH]1)NCCCOCC1CC1.I. The van der Waals surface area contributed by atoms with Crippen molar-refractivity contribution in [2.75, 3.05) is 26.3 Å². The Bertz CT molecular complexity index is 633. The van der Waals surface area contributed by atoms with E-state index in [1.165, 1.54) is 18.2 Å². The first-order valence-electron chi connectivity index (χ1n) is 9.01. The lowest BCUT2D eigenvalue weighted by molar-refractivity contribution is 0.123. The van der Waals surface area contributed by atoms with Gasteiger partial charge in [-0.25, -0.2) is 4.99 Å². The fourth-order valence-corrected chi connectivity index (χ4v) is 2.64. The number of H-pyrrole nitrogens is 1. The summed E-state index contributed by atoms with van der Waals surface area (Å²) in [4.78, 5) is 8.07. The third-order valence-electron chi connectivity index (χ3n) is 4.15. The molecule has 1 fully saturated rings. The molecule has 0 amide bonds. The maximum Gasteiger partial charge on any atom is 0.191 e. The van der Waals surface area contributed by atoms with Crippen molar-refractivity contribution in [3.63, 3.8) is 0 Å². The summed E-state index contributed by atoms with van der Waals surface area (Å²) in [5.41, 5.74) is 2.29. The lowest BCUT2D eigenvalue weighted by Crippen LogP contribution is -2.38. The van der Waals surface area contributed by atoms with Gasteiger partial charge in [0.25, 0.3) is 0 Å². The van der Waals surface area contributed by atoms with Crippen LogP contribution in [0.5, 0.6) is 0 Å². The molecule has 0 unspecified atom stereocenters. The van der Waals surface area contributed by atoms with Crippen molar-refractivity contribution < 1.29 is 4.74 Å². The van der Waals surface area contributed by atoms with Gasteiger partial charge in [0.2, 0.25) is 0 Å². The number of halogens is 1. The summed E-state index contributed by atoms with van der Waals surface area (Å²) >= 11 is 0. The highest BCUT2D eigenvalue weighted by atomic mass is 127. The molecule has 25 heavy (non-hydrogen) atoms. The number of fused-ring (bicyclic) bond motifs is 1. The Balaban J connectivity index is 0.00000225. The molecule has 1 aliphatic carbocycles. The molecule has 0 atom stereocenters. The summed E-state index contributed by atoms with van der Waals surface area (Å²) in [5, 5.41) is 7.89. The zero-order valence-electron chi connectivity index (χ0n) is 14.9. The number of hydrogen-bond donors (Lipinski definition) is 3. The number of rotatable bonds is 9. The lowest BCUT2D eigenvalue weighted by atomic mass is 10.2. The van der Waals surface area contributed by atoms with E-state index in [1.54, 1.807) is 0 Å². The molecule has 1 aliphatic rings. The molecule has 1 saturated carbocycles. The van der Waals surface area contributed by atoms with E-state index in [0.717, 1.165) is 55.8 Å². The van der Waals surface area contributed by atoms with Crippen LogP contribution in [0.4, 0.5) is 0 Å². The Labute approximate surface area is 167 Å². The van der Waals surface area contributed by atoms with Crippen LogP contribution in [0.3, 0.4) is 0 Å². The molecule has 5 nitrogen and oxygen atoms in total. The zero-order valence-corrected chi connectivity index (χ0v) is 17.2. The highest BCUT2D eigenvalue weighted by molar-refractivity contribution is 14.0. The number of nitrogens with one attached hydrogen (secondary N) is 3. The maximum absolute atomic E-state index is 5.66. The number of benzene rings is 1. The summed E-state index contributed by atoms with van der Waals surface area (Å²) in [7, 11) is 0. The molecule has 1 aromatic heterocycles. The fraction of sp³-hybridized carbons (Fsp3) is 0.526. The second-order valence-electron chi connectivity index (χ2n) is 6.38. The Kier molecular flexibility index (Phi) is 8.54. The Morgan fingerprint density at radius 3 is 2.88 bits per heavy atom. The van der Waals surface area contributed by atoms with Crippen LogP contribution >= 0.6 is 24.0 Å². The van der Waals surface area contributed by atoms with Gasteiger partial charge in [-0.05, 0) is 49.6 Å². The highest BCUT2D eigenvalue weighted by Gasteiger charge is 2.20. The third kappa shape index (κ3) is 6.86. The van der Waals surface area contributed by atoms with Gasteiger partial charge >= 0.3 is 0 Å². The zero-order chi connectivity index (χ0) is 16.6. The van der Waals surface area contributed by atoms with Gasteiger partial charge in [0, 0.05) is 37.5 Å². The maximum atomic E-state index is 5.66. The number of hydrogen-bond acceptors (Lipinski definition) is 2. The van der Waals surface area contributed by atoms with Gasteiger partial charge in [-0.15, -0.1) is 24.0 Å². The van der Waals surface area contributed by atoms with Gasteiger partial charge in [-0.3, -0.25) is 0 Å². The molecule has 0 saturated heterocycles. The normalized spacial score (nSPS) is 14.4. The van der Waals surface area contributed by atoms with Crippen LogP contribution in [0.25, 0.3) is 10.9 Å². The second kappa shape index (κ2) is 10.7. The summed E-state index contributed by atoms with van der Waals surface area (Å²) < 4.78 is 5.66. The largest absolute Gasteiger partial charge is 0.381 e. The molecule has 3 rings (SSSR count). The van der Waals surface area contributed by atoms with E-state index in [1.807, 2.05) is 6.07 Å². The minimum Gasteiger partial charge on any atom is -0.381 e. The molecular formula is C19H29IN4O. The molecule has 1 aromatic carbocycles. The quantitative estimate of drug-likeness (QED) is 0.234. The van der Waals surface area contributed by atoms with Gasteiger partial charge in [-0.1, -0.05) is 18.2 Å². The van der Waals surface area contributed by atoms with Crippen LogP contribution in [0.1, 0.15) is 31.9 Å². The van der Waals surface area contributed by atoms with Crippen molar-refractivity contribution in [2.45, 2.75) is 32.7 Å². The fourth-order valence-electron chi connectivity index (χ4n) is 2.64. The van der Waals surface area contributed by atoms with Crippen molar-refractivity contribution in [2.24, 2.45) is 10.9 Å². The summed E-state index contributed by atoms with van der Waals surface area (Å²) in [6.45, 7) is 6.22. The van der Waals surface area contributed by atoms with Crippen LogP contribution < -0.4 is 10.6 Å². The van der Waals surface area contributed by atoms with Crippen LogP contribution in [0, 0.1) is 5.92 Å². The van der Waals surface area contributed by atoms with Crippen molar-refractivity contribution >= 4 is 40.8 Å². The standard InChI is InChI=1S/C19H28N4O.HI/c1-2-20-19(21-10-5-11-24-14-15-8-9-15)22-13-17-12-16-6-3-4-7-18(16)23-17;/h3-4,6-7,12,15,23H,2,5,8-11,13-14H2,1H3,(H2,20,21,22);1H. The number of aliphatic imine (C=N–C) groups is 1. The van der Waals surface area contributed by atoms with Crippen LogP contribution in [0.15, 0.2) is 35.3 Å². The van der Waals surface area contributed by atoms with Gasteiger partial charge in [0.15, 0.2) is 5.96 Å². The molecule has 0 bridgehead atoms. The Morgan fingerprint density at radius 1 is 1.28 bits per heavy atom. The van der Waals surface area contributed by atoms with E-state index in [9.17, 15) is 0 Å². The summed E-state index contributed by atoms with van der Waals surface area (Å²) in [6.07, 6.45) is 3.70. The van der Waals surface area contributed by atoms with E-state index in [2.05, 4.69) is 51.8 Å². The van der Waals surface area contributed by atoms with E-state index in [0.29, 0.717) is 6.54 Å². The number of aromatic amines is 1. The summed E-state index contributed by atoms with van der Waals surface area (Å²) in [5.74, 6) is 1.70. The Morgan fingerprint density at radius 2 is 2.12 bits per heavy atom. The molecule has 0 spiro atoms. The molecule has 2 aromatic rings. The van der Waals surface area contributed by atoms with E-state index in [4.69, 9.17) is 4.74 Å². The average Bonchev–Trinajstić information content (AvgIpc) is 3.32. The number of ether oxygens (including phenoxy) is 1. The molecule has 3 N–H and O–H groups in total. The van der Waals surface area contributed by atoms with Gasteiger partial charge in [0.05, 0.1) is 6.54 Å². The molecule has 1 heterocycles. The van der Waals surface area contributed by atoms with E-state index < -0.39 is 0 Å². The van der Waals surface area contributed by atoms with Crippen LogP contribution in [-0.4, -0.2) is 37.2 Å². The van der Waals surface area contributed by atoms with Crippen LogP contribution in [0.2, 0.25) is 0 Å². The third-order valence-corrected chi connectivity index (χ3v) is 4.15. The van der Waals surface area contributed by atoms with Crippen molar-refractivity contribution in [3.05, 3.63) is 36.0 Å². The first kappa shape index (κ1) is 20.0. The van der Waals surface area contributed by atoms with Crippen molar-refractivity contribution in [1.82, 2.24) is 15.6 Å². The first-order valence-corrected chi connectivity index (χ1v) is 9.01. The molecule has 0 radical (unpaired) electrons. The van der Waals surface area contributed by atoms with Gasteiger partial charge in [0.1, 0.15) is 0 Å². The number of guanidine groups is 1. The summed E-state index contributed by atoms with van der Waals surface area (Å²) in [6, 6.07) is 10.5. The van der Waals surface area contributed by atoms with Crippen LogP contribution in [-0.2, 0) is 11.3 Å². The second-order valence-corrected chi connectivity index (χ2v) is 6.38. The minimum absolute atomic E-state index is 0. The molecule has 138 valence electrons. The smallest absolute Gasteiger partial charge is 0.191 e. The van der Waals surface area contributed by atoms with Gasteiger partial charge in [-0.2, -0.15) is 0 Å².